The van der Waals surface area contributed by atoms with Gasteiger partial charge in [0.2, 0.25) is 6.17 Å². The van der Waals surface area contributed by atoms with Crippen molar-refractivity contribution in [2.24, 2.45) is 7.05 Å². The van der Waals surface area contributed by atoms with Crippen LogP contribution in [0.4, 0.5) is 16.2 Å². The number of amides is 2. The first-order valence-electron chi connectivity index (χ1n) is 6.89. The van der Waals surface area contributed by atoms with E-state index in [2.05, 4.69) is 20.9 Å². The van der Waals surface area contributed by atoms with E-state index in [0.717, 1.165) is 10.8 Å². The summed E-state index contributed by atoms with van der Waals surface area (Å²) in [5, 5.41) is 34.5. The predicted octanol–water partition coefficient (Wildman–Crippen LogP) is -0.164. The van der Waals surface area contributed by atoms with Crippen LogP contribution in [-0.2, 0) is 11.8 Å². The molecular formula is C14H15N5O6. The Morgan fingerprint density at radius 3 is 2.44 bits per heavy atom. The number of benzene rings is 1. The summed E-state index contributed by atoms with van der Waals surface area (Å²) in [6.07, 6.45) is -0.557. The van der Waals surface area contributed by atoms with E-state index in [1.54, 1.807) is 0 Å². The summed E-state index contributed by atoms with van der Waals surface area (Å²) in [5.74, 6) is -1.38. The van der Waals surface area contributed by atoms with Crippen LogP contribution in [0, 0.1) is 0 Å². The summed E-state index contributed by atoms with van der Waals surface area (Å²) in [6, 6.07) is 4.02. The monoisotopic (exact) mass is 349 g/mol. The molecule has 0 radical (unpaired) electrons. The molecule has 0 aliphatic heterocycles. The van der Waals surface area contributed by atoms with Crippen LogP contribution in [0.25, 0.3) is 0 Å². The third-order valence-electron chi connectivity index (χ3n) is 3.09. The fraction of sp³-hybridized carbons (Fsp3) is 0.143. The molecule has 0 aliphatic rings. The van der Waals surface area contributed by atoms with Crippen LogP contribution in [0.1, 0.15) is 0 Å². The van der Waals surface area contributed by atoms with Gasteiger partial charge in [0, 0.05) is 12.7 Å². The maximum atomic E-state index is 11.9. The Kier molecular flexibility index (Phi) is 5.07. The van der Waals surface area contributed by atoms with Gasteiger partial charge in [0.15, 0.2) is 0 Å². The Hall–Kier alpha value is -3.76. The number of urea groups is 1. The number of aromatic nitrogens is 2. The predicted molar refractivity (Wildman–Crippen MR) is 86.5 cm³/mol. The van der Waals surface area contributed by atoms with Crippen molar-refractivity contribution in [2.45, 2.75) is 6.17 Å². The molecule has 1 aromatic heterocycles. The van der Waals surface area contributed by atoms with Gasteiger partial charge in [-0.25, -0.2) is 14.6 Å². The van der Waals surface area contributed by atoms with Crippen LogP contribution in [0.5, 0.6) is 11.8 Å². The van der Waals surface area contributed by atoms with Crippen LogP contribution in [0.3, 0.4) is 0 Å². The Morgan fingerprint density at radius 1 is 1.20 bits per heavy atom. The van der Waals surface area contributed by atoms with E-state index in [9.17, 15) is 29.7 Å². The summed E-state index contributed by atoms with van der Waals surface area (Å²) in [7, 11) is 1.25. The molecule has 0 aliphatic carbocycles. The number of carboxylic acid groups (broad SMARTS) is 1. The van der Waals surface area contributed by atoms with Gasteiger partial charge in [0.25, 0.3) is 11.6 Å². The fourth-order valence-electron chi connectivity index (χ4n) is 1.79. The van der Waals surface area contributed by atoms with Crippen LogP contribution >= 0.6 is 0 Å². The van der Waals surface area contributed by atoms with E-state index in [-0.39, 0.29) is 11.4 Å². The first-order valence-corrected chi connectivity index (χ1v) is 6.89. The van der Waals surface area contributed by atoms with Crippen molar-refractivity contribution in [3.05, 3.63) is 40.8 Å². The van der Waals surface area contributed by atoms with Gasteiger partial charge in [-0.1, -0.05) is 0 Å². The second-order valence-electron chi connectivity index (χ2n) is 4.90. The number of nitrogens with zero attached hydrogens (tertiary/aromatic N) is 2. The highest BCUT2D eigenvalue weighted by Crippen LogP contribution is 2.14. The average Bonchev–Trinajstić information content (AvgIpc) is 2.56. The topological polar surface area (TPSA) is 166 Å². The number of hydrogen-bond acceptors (Lipinski definition) is 7. The summed E-state index contributed by atoms with van der Waals surface area (Å²) >= 11 is 0. The molecular weight excluding hydrogens is 334 g/mol. The first kappa shape index (κ1) is 17.6. The maximum Gasteiger partial charge on any atom is 0.347 e. The maximum absolute atomic E-state index is 11.9. The minimum Gasteiger partial charge on any atom is -0.508 e. The van der Waals surface area contributed by atoms with Crippen molar-refractivity contribution in [1.82, 2.24) is 14.9 Å². The highest BCUT2D eigenvalue weighted by Gasteiger charge is 2.20. The normalized spacial score (nSPS) is 11.4. The van der Waals surface area contributed by atoms with E-state index in [1.807, 2.05) is 0 Å². The van der Waals surface area contributed by atoms with Crippen molar-refractivity contribution >= 4 is 23.4 Å². The Morgan fingerprint density at radius 2 is 1.84 bits per heavy atom. The number of anilines is 2. The zero-order chi connectivity index (χ0) is 18.6. The van der Waals surface area contributed by atoms with Crippen LogP contribution in [0.15, 0.2) is 35.3 Å². The summed E-state index contributed by atoms with van der Waals surface area (Å²) < 4.78 is 0.805. The number of carboxylic acids is 1. The van der Waals surface area contributed by atoms with Gasteiger partial charge >= 0.3 is 12.0 Å². The van der Waals surface area contributed by atoms with Gasteiger partial charge in [-0.05, 0) is 24.3 Å². The van der Waals surface area contributed by atoms with Gasteiger partial charge in [-0.2, -0.15) is 0 Å². The molecule has 11 heteroatoms. The highest BCUT2D eigenvalue weighted by molar-refractivity contribution is 5.92. The lowest BCUT2D eigenvalue weighted by Crippen LogP contribution is -2.48. The van der Waals surface area contributed by atoms with E-state index in [4.69, 9.17) is 0 Å². The van der Waals surface area contributed by atoms with Crippen molar-refractivity contribution < 1.29 is 24.9 Å². The molecule has 2 amide bonds. The molecule has 0 saturated carbocycles. The molecule has 0 fully saturated rings. The minimum absolute atomic E-state index is 0.00111. The molecule has 6 N–H and O–H groups in total. The van der Waals surface area contributed by atoms with Gasteiger partial charge in [-0.15, -0.1) is 0 Å². The number of rotatable bonds is 5. The number of nitrogens with one attached hydrogen (secondary N) is 3. The Balaban J connectivity index is 2.08. The standard InChI is InChI=1S/C14H15N5O6/c1-19-11(21)9(6-15-14(19)25)17-13(24)18-10(12(22)23)16-7-2-4-8(20)5-3-7/h2-6,10,16,20H,1H3,(H,15,25)(H,22,23)(H2,17,18,24)/t10-/m0/s1. The molecule has 1 heterocycles. The van der Waals surface area contributed by atoms with Gasteiger partial charge in [-0.3, -0.25) is 9.36 Å². The molecule has 1 aromatic carbocycles. The second-order valence-corrected chi connectivity index (χ2v) is 4.90. The Bertz CT molecular complexity index is 848. The summed E-state index contributed by atoms with van der Waals surface area (Å²) in [6.45, 7) is 0. The number of phenols is 1. The zero-order valence-electron chi connectivity index (χ0n) is 12.9. The second kappa shape index (κ2) is 7.21. The molecule has 11 nitrogen and oxygen atoms in total. The van der Waals surface area contributed by atoms with Gasteiger partial charge < -0.3 is 31.3 Å². The number of aromatic hydroxyl groups is 2. The smallest absolute Gasteiger partial charge is 0.347 e. The summed E-state index contributed by atoms with van der Waals surface area (Å²) in [5.41, 5.74) is -0.625. The molecule has 0 bridgehead atoms. The largest absolute Gasteiger partial charge is 0.508 e. The fourth-order valence-corrected chi connectivity index (χ4v) is 1.79. The molecule has 2 rings (SSSR count). The molecule has 1 atom stereocenters. The van der Waals surface area contributed by atoms with Gasteiger partial charge in [0.05, 0.1) is 6.20 Å². The first-order chi connectivity index (χ1) is 11.8. The lowest BCUT2D eigenvalue weighted by Gasteiger charge is -2.17. The van der Waals surface area contributed by atoms with Crippen LogP contribution in [-0.4, -0.2) is 43.0 Å². The zero-order valence-corrected chi connectivity index (χ0v) is 12.9. The molecule has 2 aromatic rings. The van der Waals surface area contributed by atoms with Gasteiger partial charge in [0.1, 0.15) is 11.4 Å². The number of hydrogen-bond donors (Lipinski definition) is 6. The quantitative estimate of drug-likeness (QED) is 0.320. The number of aliphatic carboxylic acids is 1. The van der Waals surface area contributed by atoms with Crippen LogP contribution < -0.4 is 21.5 Å². The number of phenolic OH excluding ortho intramolecular Hbond substituents is 1. The Labute approximate surface area is 140 Å². The molecule has 25 heavy (non-hydrogen) atoms. The average molecular weight is 349 g/mol. The van der Waals surface area contributed by atoms with E-state index in [1.165, 1.54) is 31.3 Å². The van der Waals surface area contributed by atoms with E-state index >= 15 is 0 Å². The van der Waals surface area contributed by atoms with Crippen molar-refractivity contribution in [3.8, 4) is 11.8 Å². The highest BCUT2D eigenvalue weighted by atomic mass is 16.4. The number of carbonyl (C=O) groups excluding carboxylic acids is 1. The lowest BCUT2D eigenvalue weighted by molar-refractivity contribution is -0.138. The molecule has 0 saturated heterocycles. The van der Waals surface area contributed by atoms with Crippen molar-refractivity contribution in [2.75, 3.05) is 10.6 Å². The van der Waals surface area contributed by atoms with Crippen molar-refractivity contribution in [3.63, 3.8) is 0 Å². The van der Waals surface area contributed by atoms with E-state index < -0.39 is 29.7 Å². The third-order valence-corrected chi connectivity index (χ3v) is 3.09. The van der Waals surface area contributed by atoms with Crippen molar-refractivity contribution in [1.29, 1.82) is 0 Å². The SMILES string of the molecule is Cn1c(O)ncc(NC(=O)N[C@H](Nc2ccc(O)cc2)C(=O)O)c1=O. The summed E-state index contributed by atoms with van der Waals surface area (Å²) in [4.78, 5) is 38.5. The lowest BCUT2D eigenvalue weighted by atomic mass is 10.3. The van der Waals surface area contributed by atoms with Crippen LogP contribution in [0.2, 0.25) is 0 Å². The minimum atomic E-state index is -1.50. The molecule has 0 spiro atoms. The molecule has 132 valence electrons. The third kappa shape index (κ3) is 4.37. The van der Waals surface area contributed by atoms with E-state index in [0.29, 0.717) is 5.69 Å². The molecule has 0 unspecified atom stereocenters. The number of carbonyl (C=O) groups is 2.